The SMILES string of the molecule is CCC(N)Cc1ccc([N+](=O)[O-])s1. The van der Waals surface area contributed by atoms with Crippen LogP contribution in [0.2, 0.25) is 0 Å². The largest absolute Gasteiger partial charge is 0.327 e. The van der Waals surface area contributed by atoms with Crippen molar-refractivity contribution in [3.05, 3.63) is 27.1 Å². The molecular formula is C8H12N2O2S. The first kappa shape index (κ1) is 10.1. The third kappa shape index (κ3) is 2.78. The van der Waals surface area contributed by atoms with Gasteiger partial charge in [0.1, 0.15) is 0 Å². The fourth-order valence-corrected chi connectivity index (χ4v) is 1.89. The highest BCUT2D eigenvalue weighted by molar-refractivity contribution is 7.15. The second-order valence-electron chi connectivity index (χ2n) is 2.87. The van der Waals surface area contributed by atoms with Crippen molar-refractivity contribution in [2.24, 2.45) is 5.73 Å². The fourth-order valence-electron chi connectivity index (χ4n) is 0.977. The standard InChI is InChI=1S/C8H12N2O2S/c1-2-6(9)5-7-3-4-8(13-7)10(11)12/h3-4,6H,2,5,9H2,1H3. The van der Waals surface area contributed by atoms with Crippen LogP contribution in [-0.2, 0) is 6.42 Å². The minimum absolute atomic E-state index is 0.109. The Kier molecular flexibility index (Phi) is 3.39. The maximum Gasteiger partial charge on any atom is 0.324 e. The van der Waals surface area contributed by atoms with E-state index >= 15 is 0 Å². The molecule has 0 spiro atoms. The van der Waals surface area contributed by atoms with Gasteiger partial charge >= 0.3 is 5.00 Å². The van der Waals surface area contributed by atoms with Crippen LogP contribution in [0.3, 0.4) is 0 Å². The highest BCUT2D eigenvalue weighted by Crippen LogP contribution is 2.24. The molecule has 1 rings (SSSR count). The van der Waals surface area contributed by atoms with E-state index in [2.05, 4.69) is 0 Å². The van der Waals surface area contributed by atoms with Gasteiger partial charge in [0.05, 0.1) is 4.92 Å². The van der Waals surface area contributed by atoms with E-state index in [0.717, 1.165) is 17.7 Å². The lowest BCUT2D eigenvalue weighted by Crippen LogP contribution is -2.20. The van der Waals surface area contributed by atoms with E-state index in [-0.39, 0.29) is 16.0 Å². The summed E-state index contributed by atoms with van der Waals surface area (Å²) in [5.41, 5.74) is 5.73. The number of rotatable bonds is 4. The molecule has 0 fully saturated rings. The normalized spacial score (nSPS) is 12.8. The Bertz CT molecular complexity index is 298. The average molecular weight is 200 g/mol. The van der Waals surface area contributed by atoms with E-state index in [1.807, 2.05) is 6.92 Å². The van der Waals surface area contributed by atoms with Crippen molar-refractivity contribution in [2.75, 3.05) is 0 Å². The Morgan fingerprint density at radius 2 is 2.38 bits per heavy atom. The van der Waals surface area contributed by atoms with Crippen molar-refractivity contribution in [1.82, 2.24) is 0 Å². The van der Waals surface area contributed by atoms with Gasteiger partial charge in [-0.1, -0.05) is 18.3 Å². The monoisotopic (exact) mass is 200 g/mol. The molecule has 0 saturated carbocycles. The molecule has 0 saturated heterocycles. The Morgan fingerprint density at radius 1 is 1.69 bits per heavy atom. The minimum Gasteiger partial charge on any atom is -0.327 e. The van der Waals surface area contributed by atoms with Crippen molar-refractivity contribution in [3.63, 3.8) is 0 Å². The maximum atomic E-state index is 10.4. The number of hydrogen-bond acceptors (Lipinski definition) is 4. The van der Waals surface area contributed by atoms with Crippen LogP contribution in [0.25, 0.3) is 0 Å². The lowest BCUT2D eigenvalue weighted by atomic mass is 10.1. The van der Waals surface area contributed by atoms with E-state index in [1.165, 1.54) is 17.4 Å². The van der Waals surface area contributed by atoms with Crippen LogP contribution >= 0.6 is 11.3 Å². The summed E-state index contributed by atoms with van der Waals surface area (Å²) in [6, 6.07) is 3.42. The van der Waals surface area contributed by atoms with Crippen LogP contribution in [0, 0.1) is 10.1 Å². The second kappa shape index (κ2) is 4.34. The van der Waals surface area contributed by atoms with Crippen molar-refractivity contribution in [1.29, 1.82) is 0 Å². The van der Waals surface area contributed by atoms with Crippen molar-refractivity contribution in [3.8, 4) is 0 Å². The number of thiophene rings is 1. The molecule has 0 aliphatic heterocycles. The van der Waals surface area contributed by atoms with Crippen molar-refractivity contribution >= 4 is 16.3 Å². The number of nitrogens with two attached hydrogens (primary N) is 1. The van der Waals surface area contributed by atoms with Gasteiger partial charge in [0.15, 0.2) is 0 Å². The van der Waals surface area contributed by atoms with Gasteiger partial charge in [-0.05, 0) is 18.9 Å². The molecule has 0 amide bonds. The number of nitrogens with zero attached hydrogens (tertiary/aromatic N) is 1. The Balaban J connectivity index is 2.64. The molecular weight excluding hydrogens is 188 g/mol. The van der Waals surface area contributed by atoms with Crippen LogP contribution < -0.4 is 5.73 Å². The van der Waals surface area contributed by atoms with Gasteiger partial charge in [0, 0.05) is 17.0 Å². The molecule has 1 aromatic rings. The summed E-state index contributed by atoms with van der Waals surface area (Å²) in [6.07, 6.45) is 1.63. The van der Waals surface area contributed by atoms with Gasteiger partial charge in [-0.15, -0.1) is 0 Å². The van der Waals surface area contributed by atoms with Gasteiger partial charge in [-0.3, -0.25) is 10.1 Å². The summed E-state index contributed by atoms with van der Waals surface area (Å²) < 4.78 is 0. The van der Waals surface area contributed by atoms with E-state index < -0.39 is 0 Å². The summed E-state index contributed by atoms with van der Waals surface area (Å²) in [7, 11) is 0. The van der Waals surface area contributed by atoms with Crippen LogP contribution in [0.4, 0.5) is 5.00 Å². The number of nitro groups is 1. The van der Waals surface area contributed by atoms with E-state index in [1.54, 1.807) is 6.07 Å². The lowest BCUT2D eigenvalue weighted by molar-refractivity contribution is -0.380. The third-order valence-corrected chi connectivity index (χ3v) is 2.87. The molecule has 1 atom stereocenters. The van der Waals surface area contributed by atoms with E-state index in [0.29, 0.717) is 0 Å². The van der Waals surface area contributed by atoms with Gasteiger partial charge in [-0.25, -0.2) is 0 Å². The molecule has 1 heterocycles. The summed E-state index contributed by atoms with van der Waals surface area (Å²) >= 11 is 1.21. The molecule has 0 aliphatic carbocycles. The summed E-state index contributed by atoms with van der Waals surface area (Å²) in [4.78, 5) is 11.0. The molecule has 0 radical (unpaired) electrons. The summed E-state index contributed by atoms with van der Waals surface area (Å²) in [5.74, 6) is 0. The zero-order chi connectivity index (χ0) is 9.84. The van der Waals surface area contributed by atoms with Gasteiger partial charge in [0.2, 0.25) is 0 Å². The molecule has 72 valence electrons. The molecule has 0 aliphatic rings. The molecule has 0 aromatic carbocycles. The fraction of sp³-hybridized carbons (Fsp3) is 0.500. The molecule has 1 aromatic heterocycles. The quantitative estimate of drug-likeness (QED) is 0.596. The zero-order valence-electron chi connectivity index (χ0n) is 7.40. The predicted octanol–water partition coefficient (Wildman–Crippen LogP) is 1.94. The van der Waals surface area contributed by atoms with E-state index in [9.17, 15) is 10.1 Å². The van der Waals surface area contributed by atoms with Gasteiger partial charge < -0.3 is 5.73 Å². The first-order valence-electron chi connectivity index (χ1n) is 4.12. The first-order valence-corrected chi connectivity index (χ1v) is 4.93. The highest BCUT2D eigenvalue weighted by Gasteiger charge is 2.11. The smallest absolute Gasteiger partial charge is 0.324 e. The topological polar surface area (TPSA) is 69.2 Å². The molecule has 2 N–H and O–H groups in total. The molecule has 13 heavy (non-hydrogen) atoms. The second-order valence-corrected chi connectivity index (χ2v) is 4.02. The molecule has 4 nitrogen and oxygen atoms in total. The zero-order valence-corrected chi connectivity index (χ0v) is 8.21. The van der Waals surface area contributed by atoms with E-state index in [4.69, 9.17) is 5.73 Å². The van der Waals surface area contributed by atoms with Crippen LogP contribution in [0.1, 0.15) is 18.2 Å². The summed E-state index contributed by atoms with van der Waals surface area (Å²) in [5, 5.41) is 10.5. The summed E-state index contributed by atoms with van der Waals surface area (Å²) in [6.45, 7) is 2.01. The highest BCUT2D eigenvalue weighted by atomic mass is 32.1. The predicted molar refractivity (Wildman–Crippen MR) is 52.9 cm³/mol. The lowest BCUT2D eigenvalue weighted by Gasteiger charge is -2.04. The van der Waals surface area contributed by atoms with Gasteiger partial charge in [0.25, 0.3) is 0 Å². The van der Waals surface area contributed by atoms with Crippen LogP contribution in [-0.4, -0.2) is 11.0 Å². The Labute approximate surface area is 80.5 Å². The Hall–Kier alpha value is -0.940. The third-order valence-electron chi connectivity index (χ3n) is 1.82. The van der Waals surface area contributed by atoms with Crippen LogP contribution in [0.5, 0.6) is 0 Å². The van der Waals surface area contributed by atoms with Crippen molar-refractivity contribution in [2.45, 2.75) is 25.8 Å². The first-order chi connectivity index (χ1) is 6.13. The molecule has 1 unspecified atom stereocenters. The van der Waals surface area contributed by atoms with Crippen LogP contribution in [0.15, 0.2) is 12.1 Å². The number of hydrogen-bond donors (Lipinski definition) is 1. The minimum atomic E-state index is -0.369. The average Bonchev–Trinajstić information content (AvgIpc) is 2.52. The molecule has 0 bridgehead atoms. The maximum absolute atomic E-state index is 10.4. The van der Waals surface area contributed by atoms with Crippen molar-refractivity contribution < 1.29 is 4.92 Å². The molecule has 5 heteroatoms. The Morgan fingerprint density at radius 3 is 2.85 bits per heavy atom. The van der Waals surface area contributed by atoms with Gasteiger partial charge in [-0.2, -0.15) is 0 Å².